The van der Waals surface area contributed by atoms with Crippen LogP contribution in [-0.2, 0) is 14.4 Å². The van der Waals surface area contributed by atoms with Crippen molar-refractivity contribution in [3.05, 3.63) is 105 Å². The normalized spacial score (nSPS) is 17.1. The summed E-state index contributed by atoms with van der Waals surface area (Å²) in [6.45, 7) is 2.18. The first-order valence-corrected chi connectivity index (χ1v) is 12.4. The summed E-state index contributed by atoms with van der Waals surface area (Å²) in [5.41, 5.74) is 1.81. The number of ether oxygens (including phenoxy) is 1. The first kappa shape index (κ1) is 25.8. The third kappa shape index (κ3) is 5.42. The van der Waals surface area contributed by atoms with Crippen LogP contribution in [0.2, 0.25) is 0 Å². The number of benzene rings is 3. The second-order valence-corrected chi connectivity index (χ2v) is 9.32. The lowest BCUT2D eigenvalue weighted by Crippen LogP contribution is -2.38. The maximum absolute atomic E-state index is 14.4. The third-order valence-corrected chi connectivity index (χ3v) is 6.91. The first-order valence-electron chi connectivity index (χ1n) is 12.4. The van der Waals surface area contributed by atoms with Crippen molar-refractivity contribution in [3.8, 4) is 0 Å². The van der Waals surface area contributed by atoms with E-state index in [9.17, 15) is 24.1 Å². The summed E-state index contributed by atoms with van der Waals surface area (Å²) in [5.74, 6) is -1.40. The van der Waals surface area contributed by atoms with Gasteiger partial charge in [-0.25, -0.2) is 4.39 Å². The lowest BCUT2D eigenvalue weighted by molar-refractivity contribution is -0.385. The maximum atomic E-state index is 14.4. The fourth-order valence-corrected chi connectivity index (χ4v) is 4.78. The Morgan fingerprint density at radius 1 is 1.05 bits per heavy atom. The summed E-state index contributed by atoms with van der Waals surface area (Å²) in [7, 11) is 0. The number of piperidine rings is 1. The topological polar surface area (TPSA) is 123 Å². The van der Waals surface area contributed by atoms with Crippen LogP contribution in [0.25, 0.3) is 0 Å². The third-order valence-electron chi connectivity index (χ3n) is 6.91. The van der Waals surface area contributed by atoms with Gasteiger partial charge in [0, 0.05) is 36.0 Å². The van der Waals surface area contributed by atoms with Crippen LogP contribution in [-0.4, -0.2) is 46.9 Å². The molecule has 1 unspecified atom stereocenters. The van der Waals surface area contributed by atoms with E-state index in [1.54, 1.807) is 24.3 Å². The molecule has 2 heterocycles. The number of carbonyl (C=O) groups excluding carboxylic acids is 2. The molecule has 0 aromatic heterocycles. The van der Waals surface area contributed by atoms with Crippen molar-refractivity contribution in [2.45, 2.75) is 32.0 Å². The molecule has 0 radical (unpaired) electrons. The SMILES string of the molecule is Cc1c([N+](=O)[O-])ccc(F)c1C(=O)N1CCC(c2ccc(NC(=O)C3ON=C(c4ccccc4)O3)cc2)CC1. The summed E-state index contributed by atoms with van der Waals surface area (Å²) in [6, 6.07) is 18.5. The zero-order valence-electron chi connectivity index (χ0n) is 21.0. The van der Waals surface area contributed by atoms with Crippen LogP contribution in [0.15, 0.2) is 71.9 Å². The van der Waals surface area contributed by atoms with Crippen LogP contribution in [0, 0.1) is 22.9 Å². The Hall–Kier alpha value is -4.80. The van der Waals surface area contributed by atoms with Gasteiger partial charge in [-0.05, 0) is 66.7 Å². The van der Waals surface area contributed by atoms with Gasteiger partial charge in [0.15, 0.2) is 0 Å². The Morgan fingerprint density at radius 3 is 2.41 bits per heavy atom. The smallest absolute Gasteiger partial charge is 0.346 e. The van der Waals surface area contributed by atoms with Crippen molar-refractivity contribution >= 4 is 29.1 Å². The Labute approximate surface area is 223 Å². The van der Waals surface area contributed by atoms with E-state index in [1.165, 1.54) is 11.8 Å². The fourth-order valence-electron chi connectivity index (χ4n) is 4.78. The molecule has 0 aliphatic carbocycles. The molecule has 1 atom stereocenters. The summed E-state index contributed by atoms with van der Waals surface area (Å²) in [6.07, 6.45) is 0.105. The van der Waals surface area contributed by atoms with Crippen molar-refractivity contribution in [2.24, 2.45) is 5.16 Å². The van der Waals surface area contributed by atoms with Gasteiger partial charge in [0.05, 0.1) is 10.5 Å². The zero-order valence-corrected chi connectivity index (χ0v) is 21.0. The molecular weight excluding hydrogens is 507 g/mol. The maximum Gasteiger partial charge on any atom is 0.346 e. The molecular formula is C28H25FN4O6. The van der Waals surface area contributed by atoms with Crippen LogP contribution >= 0.6 is 0 Å². The van der Waals surface area contributed by atoms with Gasteiger partial charge in [-0.1, -0.05) is 30.3 Å². The van der Waals surface area contributed by atoms with Gasteiger partial charge in [0.25, 0.3) is 17.5 Å². The predicted molar refractivity (Wildman–Crippen MR) is 140 cm³/mol. The zero-order chi connectivity index (χ0) is 27.5. The molecule has 200 valence electrons. The highest BCUT2D eigenvalue weighted by Crippen LogP contribution is 2.31. The van der Waals surface area contributed by atoms with Crippen LogP contribution in [0.1, 0.15) is 45.8 Å². The molecule has 1 N–H and O–H groups in total. The van der Waals surface area contributed by atoms with Crippen LogP contribution in [0.5, 0.6) is 0 Å². The summed E-state index contributed by atoms with van der Waals surface area (Å²) < 4.78 is 20.0. The molecule has 5 rings (SSSR count). The van der Waals surface area contributed by atoms with Gasteiger partial charge >= 0.3 is 12.2 Å². The van der Waals surface area contributed by atoms with Crippen molar-refractivity contribution in [1.29, 1.82) is 0 Å². The molecule has 11 heteroatoms. The summed E-state index contributed by atoms with van der Waals surface area (Å²) >= 11 is 0. The average molecular weight is 533 g/mol. The number of halogens is 1. The molecule has 3 aromatic rings. The molecule has 1 saturated heterocycles. The summed E-state index contributed by atoms with van der Waals surface area (Å²) in [5, 5.41) is 17.8. The van der Waals surface area contributed by atoms with Gasteiger partial charge in [0.2, 0.25) is 0 Å². The van der Waals surface area contributed by atoms with Crippen molar-refractivity contribution in [1.82, 2.24) is 4.90 Å². The number of likely N-dealkylation sites (tertiary alicyclic amines) is 1. The van der Waals surface area contributed by atoms with E-state index in [2.05, 4.69) is 10.5 Å². The quantitative estimate of drug-likeness (QED) is 0.362. The molecule has 39 heavy (non-hydrogen) atoms. The van der Waals surface area contributed by atoms with Gasteiger partial charge in [-0.3, -0.25) is 19.7 Å². The van der Waals surface area contributed by atoms with Gasteiger partial charge in [0.1, 0.15) is 5.82 Å². The number of nitrogens with zero attached hydrogens (tertiary/aromatic N) is 3. The number of nitro benzene ring substituents is 1. The van der Waals surface area contributed by atoms with E-state index >= 15 is 0 Å². The van der Waals surface area contributed by atoms with E-state index in [-0.39, 0.29) is 28.6 Å². The minimum Gasteiger partial charge on any atom is -0.424 e. The minimum absolute atomic E-state index is 0.0287. The molecule has 1 fully saturated rings. The highest BCUT2D eigenvalue weighted by Gasteiger charge is 2.31. The molecule has 3 aromatic carbocycles. The minimum atomic E-state index is -1.19. The molecule has 0 bridgehead atoms. The second kappa shape index (κ2) is 10.9. The monoisotopic (exact) mass is 532 g/mol. The number of rotatable bonds is 6. The molecule has 2 aliphatic rings. The number of nitrogens with one attached hydrogen (secondary N) is 1. The van der Waals surface area contributed by atoms with Gasteiger partial charge in [-0.15, -0.1) is 0 Å². The van der Waals surface area contributed by atoms with E-state index < -0.39 is 28.8 Å². The molecule has 2 aliphatic heterocycles. The van der Waals surface area contributed by atoms with Gasteiger partial charge in [-0.2, -0.15) is 0 Å². The summed E-state index contributed by atoms with van der Waals surface area (Å²) in [4.78, 5) is 42.8. The Morgan fingerprint density at radius 2 is 1.74 bits per heavy atom. The van der Waals surface area contributed by atoms with E-state index in [0.717, 1.165) is 17.7 Å². The highest BCUT2D eigenvalue weighted by atomic mass is 19.1. The molecule has 0 saturated carbocycles. The molecule has 2 amide bonds. The molecule has 10 nitrogen and oxygen atoms in total. The van der Waals surface area contributed by atoms with Crippen molar-refractivity contribution < 1.29 is 28.5 Å². The Balaban J connectivity index is 1.15. The molecule has 0 spiro atoms. The lowest BCUT2D eigenvalue weighted by Gasteiger charge is -2.32. The second-order valence-electron chi connectivity index (χ2n) is 9.32. The van der Waals surface area contributed by atoms with Crippen molar-refractivity contribution in [2.75, 3.05) is 18.4 Å². The van der Waals surface area contributed by atoms with Crippen LogP contribution in [0.4, 0.5) is 15.8 Å². The lowest BCUT2D eigenvalue weighted by atomic mass is 9.89. The number of oxime groups is 1. The predicted octanol–water partition coefficient (Wildman–Crippen LogP) is 4.74. The highest BCUT2D eigenvalue weighted by molar-refractivity contribution is 6.00. The average Bonchev–Trinajstić information content (AvgIpc) is 3.45. The number of anilines is 1. The number of nitro groups is 1. The largest absolute Gasteiger partial charge is 0.424 e. The van der Waals surface area contributed by atoms with Gasteiger partial charge < -0.3 is 19.8 Å². The number of hydrogen-bond donors (Lipinski definition) is 1. The van der Waals surface area contributed by atoms with E-state index in [0.29, 0.717) is 37.2 Å². The number of carbonyl (C=O) groups is 2. The Kier molecular flexibility index (Phi) is 7.22. The number of hydrogen-bond acceptors (Lipinski definition) is 7. The van der Waals surface area contributed by atoms with Crippen LogP contribution in [0.3, 0.4) is 0 Å². The number of amides is 2. The van der Waals surface area contributed by atoms with Crippen LogP contribution < -0.4 is 5.32 Å². The fraction of sp³-hybridized carbons (Fsp3) is 0.250. The standard InChI is InChI=1S/C28H25FN4O6/c1-17-23(33(36)37)12-11-22(29)24(17)27(35)32-15-13-19(14-16-32)18-7-9-21(10-8-18)30-25(34)28-38-26(31-39-28)20-5-3-2-4-6-20/h2-12,19,28H,13-16H2,1H3,(H,30,34). The Bertz CT molecular complexity index is 1440. The van der Waals surface area contributed by atoms with E-state index in [4.69, 9.17) is 9.57 Å². The van der Waals surface area contributed by atoms with E-state index in [1.807, 2.05) is 30.3 Å². The van der Waals surface area contributed by atoms with Crippen molar-refractivity contribution in [3.63, 3.8) is 0 Å². The first-order chi connectivity index (χ1) is 18.8.